The number of nitrogens with zero attached hydrogens (tertiary/aromatic N) is 4. The van der Waals surface area contributed by atoms with Crippen molar-refractivity contribution in [1.29, 1.82) is 0 Å². The van der Waals surface area contributed by atoms with E-state index < -0.39 is 0 Å². The zero-order valence-corrected chi connectivity index (χ0v) is 7.77. The van der Waals surface area contributed by atoms with Crippen LogP contribution in [-0.4, -0.2) is 41.7 Å². The summed E-state index contributed by atoms with van der Waals surface area (Å²) in [6.45, 7) is 3.76. The maximum atomic E-state index is 5.15. The lowest BCUT2D eigenvalue weighted by atomic mass is 10.5. The minimum absolute atomic E-state index is 0.717. The second-order valence-corrected chi connectivity index (χ2v) is 2.75. The molecule has 2 aliphatic heterocycles. The summed E-state index contributed by atoms with van der Waals surface area (Å²) < 4.78 is 0. The van der Waals surface area contributed by atoms with Gasteiger partial charge in [0.25, 0.3) is 0 Å². The Kier molecular flexibility index (Phi) is 2.07. The molecule has 1 saturated heterocycles. The molecule has 0 aromatic rings. The van der Waals surface area contributed by atoms with Crippen LogP contribution in [0.5, 0.6) is 0 Å². The first-order valence-electron chi connectivity index (χ1n) is 4.22. The van der Waals surface area contributed by atoms with Gasteiger partial charge in [0.15, 0.2) is 0 Å². The van der Waals surface area contributed by atoms with E-state index in [-0.39, 0.29) is 0 Å². The lowest BCUT2D eigenvalue weighted by Crippen LogP contribution is -2.43. The van der Waals surface area contributed by atoms with Crippen molar-refractivity contribution in [2.45, 2.75) is 6.92 Å². The fraction of sp³-hybridized carbons (Fsp3) is 0.571. The Morgan fingerprint density at radius 1 is 1.69 bits per heavy atom. The fourth-order valence-corrected chi connectivity index (χ4v) is 1.40. The van der Waals surface area contributed by atoms with Crippen LogP contribution in [0.4, 0.5) is 0 Å². The van der Waals surface area contributed by atoms with Gasteiger partial charge in [-0.2, -0.15) is 10.2 Å². The average Bonchev–Trinajstić information content (AvgIpc) is 2.56. The molecule has 0 saturated carbocycles. The number of hydrogen-bond donors (Lipinski definition) is 1. The molecule has 1 N–H and O–H groups in total. The van der Waals surface area contributed by atoms with Crippen molar-refractivity contribution < 1.29 is 4.84 Å². The number of hydroxylamine groups is 1. The zero-order chi connectivity index (χ0) is 9.26. The van der Waals surface area contributed by atoms with Crippen LogP contribution in [0.15, 0.2) is 17.0 Å². The van der Waals surface area contributed by atoms with E-state index in [1.165, 1.54) is 0 Å². The summed E-state index contributed by atoms with van der Waals surface area (Å²) in [5.41, 5.74) is 2.84. The second kappa shape index (κ2) is 3.23. The third-order valence-electron chi connectivity index (χ3n) is 2.10. The topological polar surface area (TPSA) is 43.3 Å². The predicted octanol–water partition coefficient (Wildman–Crippen LogP) is -0.295. The van der Waals surface area contributed by atoms with Crippen molar-refractivity contribution in [2.75, 3.05) is 20.3 Å². The normalized spacial score (nSPS) is 21.5. The van der Waals surface area contributed by atoms with Crippen molar-refractivity contribution in [2.24, 2.45) is 5.10 Å². The van der Waals surface area contributed by atoms with E-state index in [1.807, 2.05) is 6.08 Å². The Balaban J connectivity index is 2.20. The molecular formula is C7H13N5O. The molecule has 1 fully saturated rings. The van der Waals surface area contributed by atoms with Gasteiger partial charge in [-0.1, -0.05) is 5.17 Å². The molecule has 0 aromatic carbocycles. The fourth-order valence-electron chi connectivity index (χ4n) is 1.40. The van der Waals surface area contributed by atoms with Crippen LogP contribution in [0.1, 0.15) is 6.92 Å². The lowest BCUT2D eigenvalue weighted by molar-refractivity contribution is -0.254. The van der Waals surface area contributed by atoms with Crippen molar-refractivity contribution in [3.05, 3.63) is 11.9 Å². The summed E-state index contributed by atoms with van der Waals surface area (Å²) in [6, 6.07) is 0. The average molecular weight is 183 g/mol. The summed E-state index contributed by atoms with van der Waals surface area (Å²) in [7, 11) is 1.64. The highest BCUT2D eigenvalue weighted by molar-refractivity contribution is 5.72. The highest BCUT2D eigenvalue weighted by atomic mass is 16.7. The summed E-state index contributed by atoms with van der Waals surface area (Å²) in [5, 5.41) is 7.38. The molecular weight excluding hydrogens is 170 g/mol. The molecule has 2 rings (SSSR count). The molecule has 0 radical (unpaired) electrons. The van der Waals surface area contributed by atoms with Gasteiger partial charge in [-0.3, -0.25) is 4.84 Å². The minimum atomic E-state index is 0.717. The lowest BCUT2D eigenvalue weighted by Gasteiger charge is -2.26. The van der Waals surface area contributed by atoms with Crippen molar-refractivity contribution in [3.63, 3.8) is 0 Å². The first kappa shape index (κ1) is 8.33. The summed E-state index contributed by atoms with van der Waals surface area (Å²) in [4.78, 5) is 7.32. The maximum Gasteiger partial charge on any atom is 0.148 e. The molecule has 0 atom stereocenters. The molecule has 2 aliphatic rings. The smallest absolute Gasteiger partial charge is 0.148 e. The van der Waals surface area contributed by atoms with Crippen LogP contribution in [0.25, 0.3) is 0 Å². The van der Waals surface area contributed by atoms with E-state index in [9.17, 15) is 0 Å². The standard InChI is InChI=1S/C7H13N5O/c1-3-10-6-11(13-2)12-7(10)4-5-8-9-12/h4-5,9H,3,6H2,1-2H3. The molecule has 0 amide bonds. The van der Waals surface area contributed by atoms with Crippen molar-refractivity contribution >= 4 is 6.21 Å². The quantitative estimate of drug-likeness (QED) is 0.637. The van der Waals surface area contributed by atoms with E-state index >= 15 is 0 Å². The summed E-state index contributed by atoms with van der Waals surface area (Å²) in [5.74, 6) is 1.05. The highest BCUT2D eigenvalue weighted by Crippen LogP contribution is 2.21. The second-order valence-electron chi connectivity index (χ2n) is 2.75. The van der Waals surface area contributed by atoms with E-state index in [0.29, 0.717) is 0 Å². The largest absolute Gasteiger partial charge is 0.338 e. The molecule has 2 heterocycles. The zero-order valence-electron chi connectivity index (χ0n) is 7.77. The van der Waals surface area contributed by atoms with Crippen LogP contribution >= 0.6 is 0 Å². The Bertz CT molecular complexity index is 251. The van der Waals surface area contributed by atoms with Crippen LogP contribution in [0, 0.1) is 0 Å². The highest BCUT2D eigenvalue weighted by Gasteiger charge is 2.32. The van der Waals surface area contributed by atoms with E-state index in [0.717, 1.165) is 19.0 Å². The molecule has 0 aromatic heterocycles. The SMILES string of the molecule is CCN1CN(OC)N2NN=CC=C12. The van der Waals surface area contributed by atoms with Gasteiger partial charge >= 0.3 is 0 Å². The van der Waals surface area contributed by atoms with Gasteiger partial charge in [0.05, 0.1) is 13.3 Å². The maximum absolute atomic E-state index is 5.15. The molecule has 6 nitrogen and oxygen atoms in total. The molecule has 0 unspecified atom stereocenters. The van der Waals surface area contributed by atoms with Crippen LogP contribution in [0.2, 0.25) is 0 Å². The molecule has 0 bridgehead atoms. The van der Waals surface area contributed by atoms with Gasteiger partial charge < -0.3 is 4.90 Å². The van der Waals surface area contributed by atoms with Gasteiger partial charge in [0, 0.05) is 12.6 Å². The number of nitrogens with one attached hydrogen (secondary N) is 1. The van der Waals surface area contributed by atoms with Crippen molar-refractivity contribution in [3.8, 4) is 0 Å². The molecule has 6 heteroatoms. The number of allylic oxidation sites excluding steroid dienone is 1. The van der Waals surface area contributed by atoms with Gasteiger partial charge in [-0.25, -0.2) is 5.53 Å². The third-order valence-corrected chi connectivity index (χ3v) is 2.10. The number of hydrazine groups is 2. The van der Waals surface area contributed by atoms with Gasteiger partial charge in [0.1, 0.15) is 12.5 Å². The molecule has 0 aliphatic carbocycles. The van der Waals surface area contributed by atoms with E-state index in [2.05, 4.69) is 22.5 Å². The number of hydrogen-bond acceptors (Lipinski definition) is 6. The number of rotatable bonds is 2. The summed E-state index contributed by atoms with van der Waals surface area (Å²) >= 11 is 0. The van der Waals surface area contributed by atoms with E-state index in [1.54, 1.807) is 23.6 Å². The Hall–Kier alpha value is -1.27. The van der Waals surface area contributed by atoms with Gasteiger partial charge in [0.2, 0.25) is 0 Å². The third kappa shape index (κ3) is 1.24. The predicted molar refractivity (Wildman–Crippen MR) is 47.6 cm³/mol. The van der Waals surface area contributed by atoms with Gasteiger partial charge in [-0.15, -0.1) is 0 Å². The molecule has 13 heavy (non-hydrogen) atoms. The number of fused-ring (bicyclic) bond motifs is 1. The van der Waals surface area contributed by atoms with Crippen LogP contribution < -0.4 is 5.53 Å². The van der Waals surface area contributed by atoms with Gasteiger partial charge in [-0.05, 0) is 6.92 Å². The monoisotopic (exact) mass is 183 g/mol. The Labute approximate surface area is 76.9 Å². The van der Waals surface area contributed by atoms with Crippen LogP contribution in [0.3, 0.4) is 0 Å². The molecule has 0 spiro atoms. The van der Waals surface area contributed by atoms with Crippen molar-refractivity contribution in [1.82, 2.24) is 20.7 Å². The Morgan fingerprint density at radius 2 is 2.54 bits per heavy atom. The minimum Gasteiger partial charge on any atom is -0.338 e. The Morgan fingerprint density at radius 3 is 3.23 bits per heavy atom. The number of hydrazone groups is 1. The molecule has 72 valence electrons. The first-order valence-corrected chi connectivity index (χ1v) is 4.22. The van der Waals surface area contributed by atoms with Crippen LogP contribution in [-0.2, 0) is 4.84 Å². The first-order chi connectivity index (χ1) is 6.36. The van der Waals surface area contributed by atoms with E-state index in [4.69, 9.17) is 4.84 Å². The summed E-state index contributed by atoms with van der Waals surface area (Å²) in [6.07, 6.45) is 3.67.